The lowest BCUT2D eigenvalue weighted by Crippen LogP contribution is -2.62. The van der Waals surface area contributed by atoms with Crippen LogP contribution in [0.5, 0.6) is 0 Å². The van der Waals surface area contributed by atoms with Crippen LogP contribution in [0.3, 0.4) is 0 Å². The molecule has 1 aromatic carbocycles. The molecular weight excluding hydrogens is 212 g/mol. The van der Waals surface area contributed by atoms with Gasteiger partial charge in [-0.3, -0.25) is 0 Å². The Bertz CT molecular complexity index is 397. The second-order valence-electron chi connectivity index (χ2n) is 4.36. The zero-order valence-corrected chi connectivity index (χ0v) is 9.44. The van der Waals surface area contributed by atoms with E-state index in [2.05, 4.69) is 5.32 Å². The van der Waals surface area contributed by atoms with Crippen LogP contribution in [-0.2, 0) is 11.2 Å². The molecule has 2 nitrogen and oxygen atoms in total. The predicted molar refractivity (Wildman–Crippen MR) is 57.4 cm³/mol. The van der Waals surface area contributed by atoms with Gasteiger partial charge in [-0.05, 0) is 30.2 Å². The first-order valence-corrected chi connectivity index (χ1v) is 5.27. The molecule has 0 unspecified atom stereocenters. The quantitative estimate of drug-likeness (QED) is 0.850. The topological polar surface area (TPSA) is 21.3 Å². The fraction of sp³-hybridized carbons (Fsp3) is 0.500. The van der Waals surface area contributed by atoms with Crippen LogP contribution in [0.4, 0.5) is 8.78 Å². The minimum absolute atomic E-state index is 0.333. The minimum Gasteiger partial charge on any atom is -0.375 e. The third-order valence-electron chi connectivity index (χ3n) is 3.17. The molecule has 0 saturated carbocycles. The summed E-state index contributed by atoms with van der Waals surface area (Å²) in [5.41, 5.74) is 0.341. The van der Waals surface area contributed by atoms with Crippen molar-refractivity contribution < 1.29 is 13.5 Å². The molecule has 0 spiro atoms. The van der Waals surface area contributed by atoms with Gasteiger partial charge < -0.3 is 10.1 Å². The van der Waals surface area contributed by atoms with Crippen molar-refractivity contribution in [2.24, 2.45) is 0 Å². The van der Waals surface area contributed by atoms with E-state index >= 15 is 0 Å². The van der Waals surface area contributed by atoms with Crippen LogP contribution in [0.25, 0.3) is 0 Å². The molecule has 1 aromatic rings. The summed E-state index contributed by atoms with van der Waals surface area (Å²) in [5, 5.41) is 3.08. The lowest BCUT2D eigenvalue weighted by atomic mass is 9.88. The normalized spacial score (nSPS) is 18.2. The number of methoxy groups -OCH3 is 1. The van der Waals surface area contributed by atoms with Crippen LogP contribution in [0, 0.1) is 18.6 Å². The van der Waals surface area contributed by atoms with Crippen LogP contribution in [0.1, 0.15) is 11.1 Å². The molecule has 88 valence electrons. The zero-order chi connectivity index (χ0) is 11.8. The standard InChI is InChI=1S/C12H15F2NO/c1-8-3-11(14)9(4-10(8)13)5-12(16-2)6-15-7-12/h3-4,15H,5-7H2,1-2H3. The monoisotopic (exact) mass is 227 g/mol. The molecule has 2 rings (SSSR count). The summed E-state index contributed by atoms with van der Waals surface area (Å²) in [4.78, 5) is 0. The van der Waals surface area contributed by atoms with Gasteiger partial charge in [0.1, 0.15) is 11.6 Å². The van der Waals surface area contributed by atoms with Gasteiger partial charge in [0.25, 0.3) is 0 Å². The summed E-state index contributed by atoms with van der Waals surface area (Å²) in [6, 6.07) is 2.50. The number of nitrogens with one attached hydrogen (secondary N) is 1. The fourth-order valence-corrected chi connectivity index (χ4v) is 1.92. The van der Waals surface area contributed by atoms with Crippen molar-refractivity contribution >= 4 is 0 Å². The van der Waals surface area contributed by atoms with Crippen molar-refractivity contribution in [1.29, 1.82) is 0 Å². The van der Waals surface area contributed by atoms with Crippen molar-refractivity contribution in [3.05, 3.63) is 34.9 Å². The van der Waals surface area contributed by atoms with E-state index in [1.54, 1.807) is 14.0 Å². The molecule has 1 aliphatic rings. The summed E-state index contributed by atoms with van der Waals surface area (Å²) >= 11 is 0. The maximum absolute atomic E-state index is 13.6. The van der Waals surface area contributed by atoms with Crippen molar-refractivity contribution in [2.45, 2.75) is 18.9 Å². The summed E-state index contributed by atoms with van der Waals surface area (Å²) < 4.78 is 32.3. The smallest absolute Gasteiger partial charge is 0.126 e. The van der Waals surface area contributed by atoms with Gasteiger partial charge in [0.15, 0.2) is 0 Å². The number of aryl methyl sites for hydroxylation is 1. The van der Waals surface area contributed by atoms with Gasteiger partial charge in [-0.15, -0.1) is 0 Å². The average molecular weight is 227 g/mol. The Hall–Kier alpha value is -1.00. The number of ether oxygens (including phenoxy) is 1. The molecule has 1 heterocycles. The fourth-order valence-electron chi connectivity index (χ4n) is 1.92. The highest BCUT2D eigenvalue weighted by molar-refractivity contribution is 5.27. The number of benzene rings is 1. The first-order valence-electron chi connectivity index (χ1n) is 5.27. The zero-order valence-electron chi connectivity index (χ0n) is 9.44. The highest BCUT2D eigenvalue weighted by Gasteiger charge is 2.37. The third-order valence-corrected chi connectivity index (χ3v) is 3.17. The average Bonchev–Trinajstić information content (AvgIpc) is 2.19. The minimum atomic E-state index is -0.372. The van der Waals surface area contributed by atoms with Crippen LogP contribution in [0.2, 0.25) is 0 Å². The Labute approximate surface area is 93.6 Å². The largest absolute Gasteiger partial charge is 0.375 e. The Morgan fingerprint density at radius 1 is 1.31 bits per heavy atom. The number of halogens is 2. The molecule has 1 aliphatic heterocycles. The summed E-state index contributed by atoms with van der Waals surface area (Å²) in [5.74, 6) is -0.725. The SMILES string of the molecule is COC1(Cc2cc(F)c(C)cc2F)CNC1. The van der Waals surface area contributed by atoms with E-state index in [1.807, 2.05) is 0 Å². The predicted octanol–water partition coefficient (Wildman–Crippen LogP) is 1.80. The van der Waals surface area contributed by atoms with Gasteiger partial charge in [-0.1, -0.05) is 0 Å². The maximum Gasteiger partial charge on any atom is 0.126 e. The number of hydrogen-bond acceptors (Lipinski definition) is 2. The summed E-state index contributed by atoms with van der Waals surface area (Å²) in [6.07, 6.45) is 0.402. The van der Waals surface area contributed by atoms with Gasteiger partial charge in [-0.2, -0.15) is 0 Å². The van der Waals surface area contributed by atoms with Crippen LogP contribution >= 0.6 is 0 Å². The maximum atomic E-state index is 13.6. The van der Waals surface area contributed by atoms with Gasteiger partial charge in [-0.25, -0.2) is 8.78 Å². The van der Waals surface area contributed by atoms with Gasteiger partial charge >= 0.3 is 0 Å². The lowest BCUT2D eigenvalue weighted by molar-refractivity contribution is -0.0507. The highest BCUT2D eigenvalue weighted by atomic mass is 19.1. The molecular formula is C12H15F2NO. The lowest BCUT2D eigenvalue weighted by Gasteiger charge is -2.41. The second-order valence-corrected chi connectivity index (χ2v) is 4.36. The van der Waals surface area contributed by atoms with Crippen LogP contribution in [-0.4, -0.2) is 25.8 Å². The Kier molecular flexibility index (Phi) is 2.95. The molecule has 0 aliphatic carbocycles. The molecule has 4 heteroatoms. The van der Waals surface area contributed by atoms with E-state index in [0.717, 1.165) is 0 Å². The first kappa shape index (κ1) is 11.5. The number of hydrogen-bond donors (Lipinski definition) is 1. The van der Waals surface area contributed by atoms with Crippen molar-refractivity contribution in [1.82, 2.24) is 5.32 Å². The van der Waals surface area contributed by atoms with E-state index in [9.17, 15) is 8.78 Å². The molecule has 0 amide bonds. The molecule has 0 atom stereocenters. The summed E-state index contributed by atoms with van der Waals surface area (Å²) in [6.45, 7) is 2.91. The molecule has 16 heavy (non-hydrogen) atoms. The molecule has 0 aromatic heterocycles. The van der Waals surface area contributed by atoms with Crippen molar-refractivity contribution in [2.75, 3.05) is 20.2 Å². The third kappa shape index (κ3) is 1.95. The van der Waals surface area contributed by atoms with E-state index < -0.39 is 0 Å². The van der Waals surface area contributed by atoms with Crippen LogP contribution in [0.15, 0.2) is 12.1 Å². The Morgan fingerprint density at radius 2 is 2.00 bits per heavy atom. The van der Waals surface area contributed by atoms with E-state index in [-0.39, 0.29) is 17.2 Å². The van der Waals surface area contributed by atoms with Gasteiger partial charge in [0.05, 0.1) is 5.60 Å². The van der Waals surface area contributed by atoms with Gasteiger partial charge in [0.2, 0.25) is 0 Å². The van der Waals surface area contributed by atoms with Crippen molar-refractivity contribution in [3.8, 4) is 0 Å². The van der Waals surface area contributed by atoms with Gasteiger partial charge in [0, 0.05) is 26.6 Å². The number of rotatable bonds is 3. The van der Waals surface area contributed by atoms with Crippen LogP contribution < -0.4 is 5.32 Å². The second kappa shape index (κ2) is 4.11. The molecule has 0 radical (unpaired) electrons. The van der Waals surface area contributed by atoms with E-state index in [4.69, 9.17) is 4.74 Å². The summed E-state index contributed by atoms with van der Waals surface area (Å²) in [7, 11) is 1.60. The molecule has 1 fully saturated rings. The molecule has 1 saturated heterocycles. The molecule has 1 N–H and O–H groups in total. The highest BCUT2D eigenvalue weighted by Crippen LogP contribution is 2.24. The Morgan fingerprint density at radius 3 is 2.50 bits per heavy atom. The van der Waals surface area contributed by atoms with E-state index in [0.29, 0.717) is 30.6 Å². The first-order chi connectivity index (χ1) is 7.56. The van der Waals surface area contributed by atoms with Crippen molar-refractivity contribution in [3.63, 3.8) is 0 Å². The Balaban J connectivity index is 2.24. The van der Waals surface area contributed by atoms with E-state index in [1.165, 1.54) is 12.1 Å². The molecule has 0 bridgehead atoms.